The SMILES string of the molecule is CCOC(=O)C1=C(C)N(c2cccc(C(F)(F)F)c2)C(SCc2c(C)noc2C)=NC1c1ccc(C#N)cc1. The first kappa shape index (κ1) is 28.0. The van der Waals surface area contributed by atoms with Gasteiger partial charge >= 0.3 is 12.1 Å². The highest BCUT2D eigenvalue weighted by molar-refractivity contribution is 8.13. The number of esters is 1. The minimum absolute atomic E-state index is 0.108. The van der Waals surface area contributed by atoms with Gasteiger partial charge < -0.3 is 9.26 Å². The van der Waals surface area contributed by atoms with Crippen LogP contribution in [-0.4, -0.2) is 22.9 Å². The Hall–Kier alpha value is -4.04. The van der Waals surface area contributed by atoms with Crippen molar-refractivity contribution in [1.29, 1.82) is 5.26 Å². The number of allylic oxidation sites excluding steroid dienone is 1. The van der Waals surface area contributed by atoms with Crippen LogP contribution in [0, 0.1) is 25.2 Å². The number of rotatable bonds is 6. The molecule has 1 aromatic heterocycles. The molecule has 0 bridgehead atoms. The molecule has 7 nitrogen and oxygen atoms in total. The summed E-state index contributed by atoms with van der Waals surface area (Å²) in [6, 6.07) is 12.8. The second-order valence-electron chi connectivity index (χ2n) is 8.74. The van der Waals surface area contributed by atoms with Crippen LogP contribution in [0.15, 0.2) is 69.3 Å². The number of hydrogen-bond donors (Lipinski definition) is 0. The van der Waals surface area contributed by atoms with Gasteiger partial charge in [-0.1, -0.05) is 35.1 Å². The third-order valence-corrected chi connectivity index (χ3v) is 7.22. The molecule has 0 saturated carbocycles. The lowest BCUT2D eigenvalue weighted by molar-refractivity contribution is -0.139. The van der Waals surface area contributed by atoms with Crippen LogP contribution in [0.3, 0.4) is 0 Å². The van der Waals surface area contributed by atoms with E-state index in [1.807, 2.05) is 6.92 Å². The predicted octanol–water partition coefficient (Wildman–Crippen LogP) is 6.87. The lowest BCUT2D eigenvalue weighted by Gasteiger charge is -2.35. The second-order valence-corrected chi connectivity index (χ2v) is 9.68. The van der Waals surface area contributed by atoms with E-state index in [1.54, 1.807) is 49.9 Å². The molecular weight excluding hydrogens is 529 g/mol. The number of carbonyl (C=O) groups excluding carboxylic acids is 1. The van der Waals surface area contributed by atoms with Crippen LogP contribution in [-0.2, 0) is 21.5 Å². The molecule has 3 aromatic rings. The highest BCUT2D eigenvalue weighted by Gasteiger charge is 2.37. The molecule has 0 N–H and O–H groups in total. The molecule has 0 spiro atoms. The summed E-state index contributed by atoms with van der Waals surface area (Å²) in [5.74, 6) is 0.391. The van der Waals surface area contributed by atoms with Gasteiger partial charge in [0, 0.05) is 22.7 Å². The van der Waals surface area contributed by atoms with Gasteiger partial charge in [-0.2, -0.15) is 18.4 Å². The number of nitriles is 1. The number of aliphatic imine (C=N–C) groups is 1. The van der Waals surface area contributed by atoms with Crippen molar-refractivity contribution in [2.75, 3.05) is 11.5 Å². The van der Waals surface area contributed by atoms with E-state index in [4.69, 9.17) is 14.3 Å². The van der Waals surface area contributed by atoms with Crippen molar-refractivity contribution < 1.29 is 27.2 Å². The maximum absolute atomic E-state index is 13.6. The zero-order valence-corrected chi connectivity index (χ0v) is 22.5. The van der Waals surface area contributed by atoms with Crippen molar-refractivity contribution in [1.82, 2.24) is 5.16 Å². The normalized spacial score (nSPS) is 15.7. The van der Waals surface area contributed by atoms with Crippen molar-refractivity contribution in [2.45, 2.75) is 45.7 Å². The summed E-state index contributed by atoms with van der Waals surface area (Å²) < 4.78 is 51.5. The summed E-state index contributed by atoms with van der Waals surface area (Å²) in [7, 11) is 0. The first-order valence-electron chi connectivity index (χ1n) is 12.0. The van der Waals surface area contributed by atoms with Gasteiger partial charge in [-0.3, -0.25) is 4.90 Å². The highest BCUT2D eigenvalue weighted by atomic mass is 32.2. The maximum atomic E-state index is 13.6. The van der Waals surface area contributed by atoms with E-state index in [1.165, 1.54) is 23.9 Å². The van der Waals surface area contributed by atoms with Gasteiger partial charge in [-0.05, 0) is 63.6 Å². The highest BCUT2D eigenvalue weighted by Crippen LogP contribution is 2.41. The molecule has 0 fully saturated rings. The van der Waals surface area contributed by atoms with Crippen LogP contribution in [0.2, 0.25) is 0 Å². The molecule has 39 heavy (non-hydrogen) atoms. The Morgan fingerprint density at radius 1 is 1.18 bits per heavy atom. The number of ether oxygens (including phenoxy) is 1. The fraction of sp³-hybridized carbons (Fsp3) is 0.286. The largest absolute Gasteiger partial charge is 0.463 e. The van der Waals surface area contributed by atoms with Crippen LogP contribution in [0.5, 0.6) is 0 Å². The molecule has 0 saturated heterocycles. The number of nitrogens with zero attached hydrogens (tertiary/aromatic N) is 4. The Morgan fingerprint density at radius 2 is 1.90 bits per heavy atom. The number of aromatic nitrogens is 1. The van der Waals surface area contributed by atoms with E-state index in [9.17, 15) is 23.2 Å². The number of anilines is 1. The molecule has 1 aliphatic heterocycles. The first-order valence-corrected chi connectivity index (χ1v) is 13.0. The maximum Gasteiger partial charge on any atom is 0.416 e. The molecule has 1 atom stereocenters. The molecule has 1 unspecified atom stereocenters. The smallest absolute Gasteiger partial charge is 0.416 e. The zero-order valence-electron chi connectivity index (χ0n) is 21.7. The Bertz CT molecular complexity index is 1470. The topological polar surface area (TPSA) is 91.7 Å². The summed E-state index contributed by atoms with van der Waals surface area (Å²) >= 11 is 1.29. The lowest BCUT2D eigenvalue weighted by Crippen LogP contribution is -2.35. The van der Waals surface area contributed by atoms with Crippen molar-refractivity contribution in [3.8, 4) is 6.07 Å². The average molecular weight is 555 g/mol. The van der Waals surface area contributed by atoms with Crippen LogP contribution in [0.1, 0.15) is 53.6 Å². The molecule has 0 radical (unpaired) electrons. The number of halogens is 3. The molecule has 1 aliphatic rings. The number of amidine groups is 1. The molecule has 202 valence electrons. The summed E-state index contributed by atoms with van der Waals surface area (Å²) in [4.78, 5) is 19.7. The number of thioether (sulfide) groups is 1. The van der Waals surface area contributed by atoms with Crippen molar-refractivity contribution in [3.05, 3.63) is 93.5 Å². The van der Waals surface area contributed by atoms with E-state index in [0.717, 1.165) is 17.7 Å². The van der Waals surface area contributed by atoms with Gasteiger partial charge in [0.15, 0.2) is 5.17 Å². The first-order chi connectivity index (χ1) is 18.5. The minimum Gasteiger partial charge on any atom is -0.463 e. The number of carbonyl (C=O) groups is 1. The molecule has 0 aliphatic carbocycles. The summed E-state index contributed by atoms with van der Waals surface area (Å²) in [5, 5.41) is 13.6. The summed E-state index contributed by atoms with van der Waals surface area (Å²) in [6.45, 7) is 7.03. The van der Waals surface area contributed by atoms with Crippen molar-refractivity contribution in [2.24, 2.45) is 4.99 Å². The number of hydrogen-bond acceptors (Lipinski definition) is 8. The Balaban J connectivity index is 1.88. The predicted molar refractivity (Wildman–Crippen MR) is 142 cm³/mol. The summed E-state index contributed by atoms with van der Waals surface area (Å²) in [6.07, 6.45) is -4.56. The monoisotopic (exact) mass is 554 g/mol. The fourth-order valence-electron chi connectivity index (χ4n) is 4.22. The molecule has 0 amide bonds. The van der Waals surface area contributed by atoms with Gasteiger partial charge in [0.2, 0.25) is 0 Å². The zero-order chi connectivity index (χ0) is 28.3. The van der Waals surface area contributed by atoms with Crippen LogP contribution >= 0.6 is 11.8 Å². The van der Waals surface area contributed by atoms with Gasteiger partial charge in [0.25, 0.3) is 0 Å². The van der Waals surface area contributed by atoms with Crippen molar-refractivity contribution in [3.63, 3.8) is 0 Å². The Labute approximate surface area is 228 Å². The van der Waals surface area contributed by atoms with Gasteiger partial charge in [-0.15, -0.1) is 0 Å². The van der Waals surface area contributed by atoms with E-state index >= 15 is 0 Å². The number of alkyl halides is 3. The Kier molecular flexibility index (Phi) is 8.16. The fourth-order valence-corrected chi connectivity index (χ4v) is 5.45. The van der Waals surface area contributed by atoms with E-state index in [2.05, 4.69) is 11.2 Å². The van der Waals surface area contributed by atoms with E-state index < -0.39 is 23.8 Å². The van der Waals surface area contributed by atoms with Gasteiger partial charge in [0.1, 0.15) is 11.8 Å². The van der Waals surface area contributed by atoms with Crippen molar-refractivity contribution >= 4 is 28.6 Å². The van der Waals surface area contributed by atoms with Crippen LogP contribution < -0.4 is 4.90 Å². The third-order valence-electron chi connectivity index (χ3n) is 6.24. The van der Waals surface area contributed by atoms with Gasteiger partial charge in [-0.25, -0.2) is 9.79 Å². The quantitative estimate of drug-likeness (QED) is 0.307. The minimum atomic E-state index is -4.56. The molecule has 4 rings (SSSR count). The second kappa shape index (κ2) is 11.4. The van der Waals surface area contributed by atoms with Gasteiger partial charge in [0.05, 0.1) is 35.1 Å². The van der Waals surface area contributed by atoms with E-state index in [-0.39, 0.29) is 17.9 Å². The summed E-state index contributed by atoms with van der Waals surface area (Å²) in [5.41, 5.74) is 2.58. The third kappa shape index (κ3) is 5.86. The van der Waals surface area contributed by atoms with Crippen LogP contribution in [0.25, 0.3) is 0 Å². The van der Waals surface area contributed by atoms with E-state index in [0.29, 0.717) is 39.2 Å². The number of aryl methyl sites for hydroxylation is 2. The molecular formula is C28H25F3N4O3S. The molecule has 2 aromatic carbocycles. The molecule has 2 heterocycles. The van der Waals surface area contributed by atoms with Crippen LogP contribution in [0.4, 0.5) is 18.9 Å². The average Bonchev–Trinajstić information content (AvgIpc) is 3.23. The lowest BCUT2D eigenvalue weighted by atomic mass is 9.95. The molecule has 11 heteroatoms. The Morgan fingerprint density at radius 3 is 2.49 bits per heavy atom. The number of benzene rings is 2. The standard InChI is InChI=1S/C28H25F3N4O3S/c1-5-37-26(36)24-17(3)35(22-8-6-7-21(13-22)28(29,30)31)27(39-15-23-16(2)34-38-18(23)4)33-25(24)20-11-9-19(14-32)10-12-20/h6-13,25H,5,15H2,1-4H3.